The maximum atomic E-state index is 13.0. The number of benzene rings is 3. The quantitative estimate of drug-likeness (QED) is 0.427. The molecule has 0 saturated carbocycles. The average Bonchev–Trinajstić information content (AvgIpc) is 3.17. The third-order valence-corrected chi connectivity index (χ3v) is 5.59. The highest BCUT2D eigenvalue weighted by molar-refractivity contribution is 6.31. The van der Waals surface area contributed by atoms with Crippen LogP contribution in [0.4, 0.5) is 5.69 Å². The molecule has 0 atom stereocenters. The van der Waals surface area contributed by atoms with Crippen LogP contribution in [-0.4, -0.2) is 20.7 Å². The van der Waals surface area contributed by atoms with Gasteiger partial charge in [-0.3, -0.25) is 4.79 Å². The Hall–Kier alpha value is -3.44. The molecule has 1 N–H and O–H groups in total. The molecule has 1 amide bonds. The number of carbonyl (C=O) groups excluding carboxylic acids is 1. The molecule has 4 rings (SSSR count). The molecule has 0 aliphatic heterocycles. The van der Waals surface area contributed by atoms with Crippen molar-refractivity contribution in [1.82, 2.24) is 14.8 Å². The van der Waals surface area contributed by atoms with Crippen molar-refractivity contribution < 1.29 is 4.79 Å². The Bertz CT molecular complexity index is 1290. The SMILES string of the molecule is Cc1cccc(-c2nc(C(=O)Nc3cccc(Cl)c3C)nn2-c2ccc(C)cc2C)c1. The Morgan fingerprint density at radius 2 is 1.68 bits per heavy atom. The molecule has 3 aromatic carbocycles. The predicted octanol–water partition coefficient (Wildman–Crippen LogP) is 6.07. The van der Waals surface area contributed by atoms with Gasteiger partial charge in [-0.1, -0.05) is 59.1 Å². The smallest absolute Gasteiger partial charge is 0.295 e. The van der Waals surface area contributed by atoms with Crippen LogP contribution in [0.3, 0.4) is 0 Å². The molecule has 5 nitrogen and oxygen atoms in total. The summed E-state index contributed by atoms with van der Waals surface area (Å²) < 4.78 is 1.74. The van der Waals surface area contributed by atoms with Crippen LogP contribution in [0, 0.1) is 27.7 Å². The van der Waals surface area contributed by atoms with E-state index >= 15 is 0 Å². The Balaban J connectivity index is 1.81. The van der Waals surface area contributed by atoms with Crippen molar-refractivity contribution in [1.29, 1.82) is 0 Å². The zero-order valence-corrected chi connectivity index (χ0v) is 18.7. The van der Waals surface area contributed by atoms with Crippen LogP contribution in [0.5, 0.6) is 0 Å². The van der Waals surface area contributed by atoms with Crippen LogP contribution in [0.1, 0.15) is 32.9 Å². The number of halogens is 1. The number of aryl methyl sites for hydroxylation is 3. The first-order valence-electron chi connectivity index (χ1n) is 10.0. The van der Waals surface area contributed by atoms with E-state index in [1.807, 2.05) is 70.2 Å². The third kappa shape index (κ3) is 4.23. The number of nitrogens with one attached hydrogen (secondary N) is 1. The highest BCUT2D eigenvalue weighted by Crippen LogP contribution is 2.26. The highest BCUT2D eigenvalue weighted by atomic mass is 35.5. The number of hydrogen-bond donors (Lipinski definition) is 1. The molecule has 0 aliphatic carbocycles. The Morgan fingerprint density at radius 3 is 2.42 bits per heavy atom. The molecule has 31 heavy (non-hydrogen) atoms. The molecule has 0 saturated heterocycles. The van der Waals surface area contributed by atoms with Crippen LogP contribution in [-0.2, 0) is 0 Å². The fraction of sp³-hybridized carbons (Fsp3) is 0.160. The largest absolute Gasteiger partial charge is 0.319 e. The number of hydrogen-bond acceptors (Lipinski definition) is 3. The highest BCUT2D eigenvalue weighted by Gasteiger charge is 2.20. The van der Waals surface area contributed by atoms with Gasteiger partial charge in [0.25, 0.3) is 5.91 Å². The molecule has 1 aromatic heterocycles. The first-order valence-corrected chi connectivity index (χ1v) is 10.4. The Kier molecular flexibility index (Phi) is 5.61. The second kappa shape index (κ2) is 8.36. The molecule has 156 valence electrons. The van der Waals surface area contributed by atoms with Gasteiger partial charge in [0.1, 0.15) is 0 Å². The lowest BCUT2D eigenvalue weighted by molar-refractivity contribution is 0.101. The van der Waals surface area contributed by atoms with Gasteiger partial charge in [0.2, 0.25) is 5.82 Å². The Morgan fingerprint density at radius 1 is 0.935 bits per heavy atom. The van der Waals surface area contributed by atoms with Gasteiger partial charge in [-0.15, -0.1) is 5.10 Å². The van der Waals surface area contributed by atoms with Gasteiger partial charge in [0.15, 0.2) is 5.82 Å². The summed E-state index contributed by atoms with van der Waals surface area (Å²) in [6.45, 7) is 7.96. The minimum Gasteiger partial charge on any atom is -0.319 e. The van der Waals surface area contributed by atoms with Crippen molar-refractivity contribution in [3.05, 3.63) is 93.8 Å². The third-order valence-electron chi connectivity index (χ3n) is 5.18. The van der Waals surface area contributed by atoms with Gasteiger partial charge in [-0.2, -0.15) is 0 Å². The summed E-state index contributed by atoms with van der Waals surface area (Å²) in [4.78, 5) is 17.6. The predicted molar refractivity (Wildman–Crippen MR) is 125 cm³/mol. The number of aromatic nitrogens is 3. The summed E-state index contributed by atoms with van der Waals surface area (Å²) in [7, 11) is 0. The van der Waals surface area contributed by atoms with Crippen molar-refractivity contribution >= 4 is 23.2 Å². The molecule has 0 unspecified atom stereocenters. The minimum absolute atomic E-state index is 0.0934. The standard InChI is InChI=1S/C25H23ClN4O/c1-15-7-5-8-19(14-15)24-28-23(25(31)27-21-10-6-9-20(26)18(21)4)29-30(24)22-12-11-16(2)13-17(22)3/h5-14H,1-4H3,(H,27,31). The van der Waals surface area contributed by atoms with Gasteiger partial charge in [0, 0.05) is 16.3 Å². The number of carbonyl (C=O) groups is 1. The van der Waals surface area contributed by atoms with Crippen LogP contribution >= 0.6 is 11.6 Å². The average molecular weight is 431 g/mol. The van der Waals surface area contributed by atoms with Gasteiger partial charge >= 0.3 is 0 Å². The van der Waals surface area contributed by atoms with Crippen molar-refractivity contribution in [3.8, 4) is 17.1 Å². The number of amides is 1. The maximum absolute atomic E-state index is 13.0. The van der Waals surface area contributed by atoms with E-state index in [-0.39, 0.29) is 11.7 Å². The number of nitrogens with zero attached hydrogens (tertiary/aromatic N) is 3. The van der Waals surface area contributed by atoms with Crippen molar-refractivity contribution in [2.75, 3.05) is 5.32 Å². The minimum atomic E-state index is -0.386. The first kappa shape index (κ1) is 20.8. The van der Waals surface area contributed by atoms with Crippen molar-refractivity contribution in [2.45, 2.75) is 27.7 Å². The summed E-state index contributed by atoms with van der Waals surface area (Å²) >= 11 is 6.19. The van der Waals surface area contributed by atoms with Gasteiger partial charge < -0.3 is 5.32 Å². The second-order valence-corrected chi connectivity index (χ2v) is 8.10. The molecular formula is C25H23ClN4O. The first-order chi connectivity index (χ1) is 14.8. The fourth-order valence-corrected chi connectivity index (χ4v) is 3.69. The topological polar surface area (TPSA) is 59.8 Å². The fourth-order valence-electron chi connectivity index (χ4n) is 3.51. The zero-order chi connectivity index (χ0) is 22.1. The maximum Gasteiger partial charge on any atom is 0.295 e. The lowest BCUT2D eigenvalue weighted by atomic mass is 10.1. The summed E-state index contributed by atoms with van der Waals surface area (Å²) in [5.74, 6) is 0.322. The van der Waals surface area contributed by atoms with Gasteiger partial charge in [-0.25, -0.2) is 9.67 Å². The molecular weight excluding hydrogens is 408 g/mol. The summed E-state index contributed by atoms with van der Waals surface area (Å²) in [5.41, 5.74) is 6.53. The van der Waals surface area contributed by atoms with Crippen LogP contribution in [0.25, 0.3) is 17.1 Å². The summed E-state index contributed by atoms with van der Waals surface area (Å²) in [6, 6.07) is 19.5. The van der Waals surface area contributed by atoms with Gasteiger partial charge in [-0.05, 0) is 63.1 Å². The van der Waals surface area contributed by atoms with Gasteiger partial charge in [0.05, 0.1) is 5.69 Å². The van der Waals surface area contributed by atoms with Crippen molar-refractivity contribution in [2.24, 2.45) is 0 Å². The molecule has 4 aromatic rings. The Labute approximate surface area is 186 Å². The van der Waals surface area contributed by atoms with E-state index in [0.717, 1.165) is 33.5 Å². The molecule has 0 aliphatic rings. The lowest BCUT2D eigenvalue weighted by Gasteiger charge is -2.10. The van der Waals surface area contributed by atoms with E-state index < -0.39 is 0 Å². The normalized spacial score (nSPS) is 10.9. The molecule has 0 spiro atoms. The van der Waals surface area contributed by atoms with E-state index in [1.165, 1.54) is 0 Å². The zero-order valence-electron chi connectivity index (χ0n) is 17.9. The van der Waals surface area contributed by atoms with E-state index in [4.69, 9.17) is 11.6 Å². The van der Waals surface area contributed by atoms with Crippen LogP contribution in [0.15, 0.2) is 60.7 Å². The second-order valence-electron chi connectivity index (χ2n) is 7.70. The van der Waals surface area contributed by atoms with E-state index in [0.29, 0.717) is 16.5 Å². The van der Waals surface area contributed by atoms with E-state index in [9.17, 15) is 4.79 Å². The van der Waals surface area contributed by atoms with Crippen molar-refractivity contribution in [3.63, 3.8) is 0 Å². The summed E-state index contributed by atoms with van der Waals surface area (Å²) in [6.07, 6.45) is 0. The van der Waals surface area contributed by atoms with E-state index in [2.05, 4.69) is 21.5 Å². The van der Waals surface area contributed by atoms with E-state index in [1.54, 1.807) is 16.8 Å². The molecule has 0 radical (unpaired) electrons. The molecule has 0 bridgehead atoms. The molecule has 1 heterocycles. The van der Waals surface area contributed by atoms with Crippen LogP contribution in [0.2, 0.25) is 5.02 Å². The number of anilines is 1. The number of rotatable bonds is 4. The van der Waals surface area contributed by atoms with Crippen LogP contribution < -0.4 is 5.32 Å². The lowest BCUT2D eigenvalue weighted by Crippen LogP contribution is -2.15. The monoisotopic (exact) mass is 430 g/mol. The molecule has 0 fully saturated rings. The summed E-state index contributed by atoms with van der Waals surface area (Å²) in [5, 5.41) is 8.06. The molecule has 6 heteroatoms.